The van der Waals surface area contributed by atoms with Crippen molar-refractivity contribution in [2.75, 3.05) is 0 Å². The van der Waals surface area contributed by atoms with Crippen molar-refractivity contribution in [3.05, 3.63) is 143 Å². The van der Waals surface area contributed by atoms with E-state index in [0.717, 1.165) is 22.3 Å². The van der Waals surface area contributed by atoms with Crippen molar-refractivity contribution in [2.24, 2.45) is 0 Å². The standard InChI is InChI=1S/C28H25NO/c1-21-17-19-25(20-18-21)27(24-15-9-4-10-16-24)29-28(30)26(22-11-5-2-6-12-22)23-13-7-3-8-14-23/h2-20,26-27H,1H3,(H,29,30)/t27-/m1/s1. The van der Waals surface area contributed by atoms with E-state index in [-0.39, 0.29) is 17.9 Å². The van der Waals surface area contributed by atoms with Gasteiger partial charge >= 0.3 is 0 Å². The van der Waals surface area contributed by atoms with Gasteiger partial charge in [-0.05, 0) is 29.2 Å². The minimum atomic E-state index is -0.371. The Balaban J connectivity index is 1.72. The van der Waals surface area contributed by atoms with Gasteiger partial charge in [-0.15, -0.1) is 0 Å². The minimum Gasteiger partial charge on any atom is -0.344 e. The fraction of sp³-hybridized carbons (Fsp3) is 0.107. The van der Waals surface area contributed by atoms with Crippen LogP contribution >= 0.6 is 0 Å². The van der Waals surface area contributed by atoms with Crippen molar-refractivity contribution in [1.82, 2.24) is 5.32 Å². The lowest BCUT2D eigenvalue weighted by atomic mass is 9.89. The van der Waals surface area contributed by atoms with Crippen LogP contribution in [0.1, 0.15) is 39.8 Å². The van der Waals surface area contributed by atoms with Crippen LogP contribution in [0.15, 0.2) is 115 Å². The average molecular weight is 392 g/mol. The Bertz CT molecular complexity index is 1030. The Morgan fingerprint density at radius 2 is 0.967 bits per heavy atom. The number of aryl methyl sites for hydroxylation is 1. The summed E-state index contributed by atoms with van der Waals surface area (Å²) in [4.78, 5) is 13.7. The normalized spacial score (nSPS) is 11.8. The van der Waals surface area contributed by atoms with Gasteiger partial charge in [0.25, 0.3) is 0 Å². The summed E-state index contributed by atoms with van der Waals surface area (Å²) in [5, 5.41) is 3.33. The summed E-state index contributed by atoms with van der Waals surface area (Å²) >= 11 is 0. The first-order valence-corrected chi connectivity index (χ1v) is 10.2. The summed E-state index contributed by atoms with van der Waals surface area (Å²) in [5.74, 6) is -0.383. The molecule has 1 atom stereocenters. The van der Waals surface area contributed by atoms with Crippen LogP contribution in [0.25, 0.3) is 0 Å². The summed E-state index contributed by atoms with van der Waals surface area (Å²) in [5.41, 5.74) is 5.30. The van der Waals surface area contributed by atoms with E-state index in [2.05, 4.69) is 48.6 Å². The molecule has 148 valence electrons. The zero-order valence-corrected chi connectivity index (χ0v) is 17.0. The molecule has 2 heteroatoms. The summed E-state index contributed by atoms with van der Waals surface area (Å²) < 4.78 is 0. The molecule has 4 aromatic carbocycles. The minimum absolute atomic E-state index is 0.0122. The van der Waals surface area contributed by atoms with Gasteiger partial charge in [0.2, 0.25) is 5.91 Å². The monoisotopic (exact) mass is 391 g/mol. The molecular weight excluding hydrogens is 366 g/mol. The van der Waals surface area contributed by atoms with Crippen molar-refractivity contribution < 1.29 is 4.79 Å². The third-order valence-electron chi connectivity index (χ3n) is 5.36. The van der Waals surface area contributed by atoms with E-state index < -0.39 is 0 Å². The Hall–Kier alpha value is -3.65. The number of hydrogen-bond acceptors (Lipinski definition) is 1. The lowest BCUT2D eigenvalue weighted by molar-refractivity contribution is -0.122. The van der Waals surface area contributed by atoms with Crippen LogP contribution in [0.5, 0.6) is 0 Å². The molecule has 1 amide bonds. The number of benzene rings is 4. The van der Waals surface area contributed by atoms with Crippen molar-refractivity contribution in [1.29, 1.82) is 0 Å². The molecule has 0 aliphatic heterocycles. The first-order chi connectivity index (χ1) is 14.7. The second-order valence-corrected chi connectivity index (χ2v) is 7.52. The van der Waals surface area contributed by atoms with Gasteiger partial charge in [0, 0.05) is 0 Å². The number of carbonyl (C=O) groups excluding carboxylic acids is 1. The lowest BCUT2D eigenvalue weighted by Gasteiger charge is -2.24. The number of amides is 1. The van der Waals surface area contributed by atoms with Crippen LogP contribution in [0.2, 0.25) is 0 Å². The largest absolute Gasteiger partial charge is 0.344 e. The molecule has 0 unspecified atom stereocenters. The van der Waals surface area contributed by atoms with Gasteiger partial charge in [-0.1, -0.05) is 121 Å². The highest BCUT2D eigenvalue weighted by Gasteiger charge is 2.26. The van der Waals surface area contributed by atoms with Gasteiger partial charge < -0.3 is 5.32 Å². The zero-order chi connectivity index (χ0) is 20.8. The highest BCUT2D eigenvalue weighted by atomic mass is 16.1. The van der Waals surface area contributed by atoms with Gasteiger partial charge in [0.1, 0.15) is 0 Å². The summed E-state index contributed by atoms with van der Waals surface area (Å²) in [6.07, 6.45) is 0. The molecule has 4 rings (SSSR count). The van der Waals surface area contributed by atoms with Gasteiger partial charge in [-0.3, -0.25) is 4.79 Å². The van der Waals surface area contributed by atoms with E-state index in [1.165, 1.54) is 5.56 Å². The Kier molecular flexibility index (Phi) is 6.05. The molecule has 0 heterocycles. The predicted molar refractivity (Wildman–Crippen MR) is 122 cm³/mol. The Morgan fingerprint density at radius 1 is 0.567 bits per heavy atom. The Labute approximate surface area is 178 Å². The van der Waals surface area contributed by atoms with Crippen LogP contribution in [0.3, 0.4) is 0 Å². The fourth-order valence-electron chi connectivity index (χ4n) is 3.78. The molecule has 0 aliphatic rings. The third kappa shape index (κ3) is 4.49. The quantitative estimate of drug-likeness (QED) is 0.427. The SMILES string of the molecule is Cc1ccc([C@H](NC(=O)C(c2ccccc2)c2ccccc2)c2ccccc2)cc1. The van der Waals surface area contributed by atoms with E-state index in [4.69, 9.17) is 0 Å². The molecule has 0 aliphatic carbocycles. The van der Waals surface area contributed by atoms with Crippen molar-refractivity contribution in [3.8, 4) is 0 Å². The number of rotatable bonds is 6. The van der Waals surface area contributed by atoms with Crippen LogP contribution < -0.4 is 5.32 Å². The van der Waals surface area contributed by atoms with Gasteiger partial charge in [0.05, 0.1) is 12.0 Å². The van der Waals surface area contributed by atoms with E-state index in [1.807, 2.05) is 78.9 Å². The first kappa shape index (κ1) is 19.7. The maximum atomic E-state index is 13.7. The molecular formula is C28H25NO. The molecule has 0 saturated heterocycles. The van der Waals surface area contributed by atoms with Crippen LogP contribution in [-0.2, 0) is 4.79 Å². The number of carbonyl (C=O) groups is 1. The summed E-state index contributed by atoms with van der Waals surface area (Å²) in [7, 11) is 0. The smallest absolute Gasteiger partial charge is 0.232 e. The zero-order valence-electron chi connectivity index (χ0n) is 17.0. The van der Waals surface area contributed by atoms with E-state index in [9.17, 15) is 4.79 Å². The molecule has 0 aromatic heterocycles. The maximum Gasteiger partial charge on any atom is 0.232 e. The van der Waals surface area contributed by atoms with E-state index >= 15 is 0 Å². The highest BCUT2D eigenvalue weighted by molar-refractivity contribution is 5.87. The Morgan fingerprint density at radius 3 is 1.43 bits per heavy atom. The van der Waals surface area contributed by atoms with Gasteiger partial charge in [0.15, 0.2) is 0 Å². The molecule has 0 saturated carbocycles. The predicted octanol–water partition coefficient (Wildman–Crippen LogP) is 6.03. The fourth-order valence-corrected chi connectivity index (χ4v) is 3.78. The second kappa shape index (κ2) is 9.23. The molecule has 2 nitrogen and oxygen atoms in total. The maximum absolute atomic E-state index is 13.7. The summed E-state index contributed by atoms with van der Waals surface area (Å²) in [6.45, 7) is 2.07. The second-order valence-electron chi connectivity index (χ2n) is 7.52. The van der Waals surface area contributed by atoms with Crippen molar-refractivity contribution in [2.45, 2.75) is 18.9 Å². The van der Waals surface area contributed by atoms with Crippen LogP contribution in [0, 0.1) is 6.92 Å². The van der Waals surface area contributed by atoms with E-state index in [1.54, 1.807) is 0 Å². The first-order valence-electron chi connectivity index (χ1n) is 10.2. The van der Waals surface area contributed by atoms with E-state index in [0.29, 0.717) is 0 Å². The van der Waals surface area contributed by atoms with Crippen LogP contribution in [-0.4, -0.2) is 5.91 Å². The topological polar surface area (TPSA) is 29.1 Å². The highest BCUT2D eigenvalue weighted by Crippen LogP contribution is 2.28. The summed E-state index contributed by atoms with van der Waals surface area (Å²) in [6, 6.07) is 38.2. The number of nitrogens with one attached hydrogen (secondary N) is 1. The number of hydrogen-bond donors (Lipinski definition) is 1. The van der Waals surface area contributed by atoms with Crippen molar-refractivity contribution in [3.63, 3.8) is 0 Å². The average Bonchev–Trinajstić information content (AvgIpc) is 2.80. The van der Waals surface area contributed by atoms with Crippen LogP contribution in [0.4, 0.5) is 0 Å². The molecule has 4 aromatic rings. The molecule has 0 spiro atoms. The third-order valence-corrected chi connectivity index (χ3v) is 5.36. The molecule has 0 bridgehead atoms. The van der Waals surface area contributed by atoms with Crippen molar-refractivity contribution >= 4 is 5.91 Å². The molecule has 0 radical (unpaired) electrons. The van der Waals surface area contributed by atoms with Gasteiger partial charge in [-0.25, -0.2) is 0 Å². The lowest BCUT2D eigenvalue weighted by Crippen LogP contribution is -2.34. The molecule has 1 N–H and O–H groups in total. The molecule has 30 heavy (non-hydrogen) atoms. The molecule has 0 fully saturated rings. The van der Waals surface area contributed by atoms with Gasteiger partial charge in [-0.2, -0.15) is 0 Å².